The Labute approximate surface area is 200 Å². The molecule has 0 aliphatic carbocycles. The fraction of sp³-hybridized carbons (Fsp3) is 0.250. The van der Waals surface area contributed by atoms with Gasteiger partial charge in [0.2, 0.25) is 5.91 Å². The number of benzene rings is 3. The van der Waals surface area contributed by atoms with Gasteiger partial charge in [0.1, 0.15) is 18.0 Å². The van der Waals surface area contributed by atoms with Crippen LogP contribution in [0.15, 0.2) is 66.7 Å². The second kappa shape index (κ2) is 10.7. The van der Waals surface area contributed by atoms with Gasteiger partial charge in [-0.15, -0.1) is 0 Å². The van der Waals surface area contributed by atoms with E-state index in [9.17, 15) is 14.9 Å². The summed E-state index contributed by atoms with van der Waals surface area (Å²) in [5.74, 6) is -0.116. The van der Waals surface area contributed by atoms with E-state index in [1.807, 2.05) is 51.1 Å². The van der Waals surface area contributed by atoms with Crippen LogP contribution in [0, 0.1) is 18.3 Å². The Hall–Kier alpha value is -4.11. The minimum absolute atomic E-state index is 0.0342. The van der Waals surface area contributed by atoms with Crippen LogP contribution in [0.4, 0.5) is 5.69 Å². The van der Waals surface area contributed by atoms with Crippen LogP contribution >= 0.6 is 0 Å². The first-order valence-electron chi connectivity index (χ1n) is 11.0. The van der Waals surface area contributed by atoms with E-state index in [-0.39, 0.29) is 12.3 Å². The van der Waals surface area contributed by atoms with E-state index in [1.54, 1.807) is 43.3 Å². The van der Waals surface area contributed by atoms with Crippen molar-refractivity contribution in [2.24, 2.45) is 0 Å². The van der Waals surface area contributed by atoms with Gasteiger partial charge >= 0.3 is 5.97 Å². The van der Waals surface area contributed by atoms with Crippen molar-refractivity contribution in [2.75, 3.05) is 5.32 Å². The van der Waals surface area contributed by atoms with E-state index >= 15 is 0 Å². The number of carbonyl (C=O) groups is 2. The highest BCUT2D eigenvalue weighted by atomic mass is 16.6. The lowest BCUT2D eigenvalue weighted by Gasteiger charge is -2.20. The normalized spacial score (nSPS) is 10.8. The molecule has 0 aliphatic rings. The molecule has 3 rings (SSSR count). The summed E-state index contributed by atoms with van der Waals surface area (Å²) < 4.78 is 11.4. The fourth-order valence-corrected chi connectivity index (χ4v) is 3.34. The van der Waals surface area contributed by atoms with Gasteiger partial charge in [0.25, 0.3) is 0 Å². The second-order valence-electron chi connectivity index (χ2n) is 8.97. The van der Waals surface area contributed by atoms with Gasteiger partial charge in [-0.3, -0.25) is 4.79 Å². The molecule has 0 atom stereocenters. The highest BCUT2D eigenvalue weighted by molar-refractivity contribution is 5.95. The molecule has 0 fully saturated rings. The summed E-state index contributed by atoms with van der Waals surface area (Å²) >= 11 is 0. The summed E-state index contributed by atoms with van der Waals surface area (Å²) in [6.45, 7) is 7.59. The molecule has 3 aromatic carbocycles. The lowest BCUT2D eigenvalue weighted by atomic mass is 10.1. The van der Waals surface area contributed by atoms with Crippen LogP contribution in [0.1, 0.15) is 53.4 Å². The van der Waals surface area contributed by atoms with Gasteiger partial charge in [-0.05, 0) is 75.2 Å². The number of hydrogen-bond acceptors (Lipinski definition) is 5. The van der Waals surface area contributed by atoms with Crippen LogP contribution in [-0.2, 0) is 22.6 Å². The average molecular weight is 457 g/mol. The molecule has 6 nitrogen and oxygen atoms in total. The molecule has 0 aliphatic heterocycles. The number of nitrogens with one attached hydrogen (secondary N) is 1. The topological polar surface area (TPSA) is 88.4 Å². The number of nitrogens with zero attached hydrogens (tertiary/aromatic N) is 1. The molecular formula is C28H28N2O4. The third-order valence-electron chi connectivity index (χ3n) is 4.91. The molecule has 1 amide bonds. The summed E-state index contributed by atoms with van der Waals surface area (Å²) in [7, 11) is 0. The smallest absolute Gasteiger partial charge is 0.338 e. The van der Waals surface area contributed by atoms with Crippen LogP contribution in [0.3, 0.4) is 0 Å². The quantitative estimate of drug-likeness (QED) is 0.469. The molecule has 174 valence electrons. The first-order valence-corrected chi connectivity index (χ1v) is 11.0. The average Bonchev–Trinajstić information content (AvgIpc) is 2.77. The summed E-state index contributed by atoms with van der Waals surface area (Å²) in [5, 5.41) is 12.1. The van der Waals surface area contributed by atoms with Crippen LogP contribution in [0.2, 0.25) is 0 Å². The molecule has 0 heterocycles. The number of hydrogen-bond donors (Lipinski definition) is 1. The van der Waals surface area contributed by atoms with Crippen molar-refractivity contribution in [1.82, 2.24) is 0 Å². The molecule has 0 saturated carbocycles. The third-order valence-corrected chi connectivity index (χ3v) is 4.91. The van der Waals surface area contributed by atoms with E-state index in [1.165, 1.54) is 0 Å². The molecule has 1 N–H and O–H groups in total. The van der Waals surface area contributed by atoms with Gasteiger partial charge in [0, 0.05) is 11.3 Å². The zero-order chi connectivity index (χ0) is 24.7. The Morgan fingerprint density at radius 2 is 1.74 bits per heavy atom. The Morgan fingerprint density at radius 1 is 1.00 bits per heavy atom. The highest BCUT2D eigenvalue weighted by Crippen LogP contribution is 2.24. The van der Waals surface area contributed by atoms with Gasteiger partial charge in [-0.1, -0.05) is 30.3 Å². The Morgan fingerprint density at radius 3 is 2.38 bits per heavy atom. The van der Waals surface area contributed by atoms with Gasteiger partial charge in [0.15, 0.2) is 0 Å². The van der Waals surface area contributed by atoms with Crippen molar-refractivity contribution >= 4 is 17.6 Å². The minimum Gasteiger partial charge on any atom is -0.489 e. The van der Waals surface area contributed by atoms with Gasteiger partial charge in [-0.2, -0.15) is 5.26 Å². The summed E-state index contributed by atoms with van der Waals surface area (Å²) in [6.07, 6.45) is 0.0342. The lowest BCUT2D eigenvalue weighted by molar-refractivity contribution is -0.115. The van der Waals surface area contributed by atoms with E-state index in [0.29, 0.717) is 40.3 Å². The Kier molecular flexibility index (Phi) is 7.70. The molecule has 0 bridgehead atoms. The minimum atomic E-state index is -0.589. The van der Waals surface area contributed by atoms with Crippen molar-refractivity contribution in [3.05, 3.63) is 94.5 Å². The first kappa shape index (κ1) is 24.5. The van der Waals surface area contributed by atoms with Crippen molar-refractivity contribution in [2.45, 2.75) is 46.3 Å². The highest BCUT2D eigenvalue weighted by Gasteiger charge is 2.20. The molecule has 0 saturated heterocycles. The largest absolute Gasteiger partial charge is 0.489 e. The number of rotatable bonds is 7. The monoisotopic (exact) mass is 456 g/mol. The van der Waals surface area contributed by atoms with E-state index in [2.05, 4.69) is 11.4 Å². The maximum atomic E-state index is 12.8. The summed E-state index contributed by atoms with van der Waals surface area (Å²) in [5.41, 5.74) is 3.20. The maximum absolute atomic E-state index is 12.8. The second-order valence-corrected chi connectivity index (χ2v) is 8.97. The standard InChI is InChI=1S/C28H28N2O4/c1-19-14-23(11-12-24(19)27(32)34-28(2,3)4)30-26(31)16-22-15-21(17-29)10-13-25(22)33-18-20-8-6-5-7-9-20/h5-15H,16,18H2,1-4H3,(H,30,31). The molecule has 34 heavy (non-hydrogen) atoms. The van der Waals surface area contributed by atoms with Crippen molar-refractivity contribution in [3.8, 4) is 11.8 Å². The summed E-state index contributed by atoms with van der Waals surface area (Å²) in [4.78, 5) is 25.2. The number of nitriles is 1. The van der Waals surface area contributed by atoms with Crippen LogP contribution in [0.25, 0.3) is 0 Å². The SMILES string of the molecule is Cc1cc(NC(=O)Cc2cc(C#N)ccc2OCc2ccccc2)ccc1C(=O)OC(C)(C)C. The van der Waals surface area contributed by atoms with E-state index < -0.39 is 11.6 Å². The van der Waals surface area contributed by atoms with Gasteiger partial charge in [0.05, 0.1) is 23.6 Å². The third kappa shape index (κ3) is 6.94. The molecule has 6 heteroatoms. The number of amides is 1. The number of esters is 1. The van der Waals surface area contributed by atoms with Crippen molar-refractivity contribution < 1.29 is 19.1 Å². The lowest BCUT2D eigenvalue weighted by Crippen LogP contribution is -2.24. The number of aryl methyl sites for hydroxylation is 1. The first-order chi connectivity index (χ1) is 16.1. The summed E-state index contributed by atoms with van der Waals surface area (Å²) in [6, 6.07) is 21.9. The molecule has 0 unspecified atom stereocenters. The maximum Gasteiger partial charge on any atom is 0.338 e. The predicted octanol–water partition coefficient (Wildman–Crippen LogP) is 5.58. The van der Waals surface area contributed by atoms with E-state index in [0.717, 1.165) is 5.56 Å². The molecule has 0 radical (unpaired) electrons. The number of carbonyl (C=O) groups excluding carboxylic acids is 2. The van der Waals surface area contributed by atoms with E-state index in [4.69, 9.17) is 9.47 Å². The zero-order valence-electron chi connectivity index (χ0n) is 19.8. The van der Waals surface area contributed by atoms with Crippen molar-refractivity contribution in [3.63, 3.8) is 0 Å². The number of ether oxygens (including phenoxy) is 2. The Balaban J connectivity index is 1.71. The zero-order valence-corrected chi connectivity index (χ0v) is 19.8. The molecule has 0 spiro atoms. The molecule has 3 aromatic rings. The van der Waals surface area contributed by atoms with Gasteiger partial charge in [-0.25, -0.2) is 4.79 Å². The molecular weight excluding hydrogens is 428 g/mol. The Bertz CT molecular complexity index is 1220. The fourth-order valence-electron chi connectivity index (χ4n) is 3.34. The van der Waals surface area contributed by atoms with Crippen LogP contribution in [0.5, 0.6) is 5.75 Å². The van der Waals surface area contributed by atoms with Crippen LogP contribution in [-0.4, -0.2) is 17.5 Å². The van der Waals surface area contributed by atoms with Crippen LogP contribution < -0.4 is 10.1 Å². The molecule has 0 aromatic heterocycles. The predicted molar refractivity (Wildman–Crippen MR) is 131 cm³/mol. The van der Waals surface area contributed by atoms with Gasteiger partial charge < -0.3 is 14.8 Å². The number of anilines is 1. The van der Waals surface area contributed by atoms with Crippen molar-refractivity contribution in [1.29, 1.82) is 5.26 Å².